The highest BCUT2D eigenvalue weighted by Crippen LogP contribution is 2.25. The van der Waals surface area contributed by atoms with Crippen LogP contribution < -0.4 is 0 Å². The van der Waals surface area contributed by atoms with Crippen molar-refractivity contribution in [1.82, 2.24) is 19.6 Å². The van der Waals surface area contributed by atoms with E-state index < -0.39 is 0 Å². The zero-order chi connectivity index (χ0) is 18.8. The summed E-state index contributed by atoms with van der Waals surface area (Å²) in [6.45, 7) is 7.89. The number of piperazine rings is 1. The average Bonchev–Trinajstić information content (AvgIpc) is 3.07. The van der Waals surface area contributed by atoms with Gasteiger partial charge in [0.25, 0.3) is 5.91 Å². The zero-order valence-electron chi connectivity index (χ0n) is 15.3. The van der Waals surface area contributed by atoms with Crippen molar-refractivity contribution < 1.29 is 9.59 Å². The van der Waals surface area contributed by atoms with Crippen LogP contribution in [0.15, 0.2) is 30.5 Å². The van der Waals surface area contributed by atoms with Crippen molar-refractivity contribution in [3.8, 4) is 5.69 Å². The molecule has 138 valence electrons. The van der Waals surface area contributed by atoms with Crippen LogP contribution >= 0.6 is 11.6 Å². The number of benzene rings is 1. The fourth-order valence-corrected chi connectivity index (χ4v) is 3.39. The number of hydrogen-bond acceptors (Lipinski definition) is 3. The molecule has 7 heteroatoms. The minimum Gasteiger partial charge on any atom is -0.339 e. The number of halogens is 1. The molecule has 3 rings (SSSR count). The second-order valence-corrected chi connectivity index (χ2v) is 7.22. The maximum Gasteiger partial charge on any atom is 0.257 e. The third kappa shape index (κ3) is 3.60. The summed E-state index contributed by atoms with van der Waals surface area (Å²) in [7, 11) is 0. The zero-order valence-corrected chi connectivity index (χ0v) is 16.0. The molecule has 0 radical (unpaired) electrons. The Hall–Kier alpha value is -2.34. The molecule has 6 nitrogen and oxygen atoms in total. The first-order chi connectivity index (χ1) is 12.4. The van der Waals surface area contributed by atoms with Gasteiger partial charge in [-0.2, -0.15) is 5.10 Å². The summed E-state index contributed by atoms with van der Waals surface area (Å²) in [6, 6.07) is 7.40. The molecule has 0 N–H and O–H groups in total. The number of carbonyl (C=O) groups excluding carboxylic acids is 2. The Labute approximate surface area is 158 Å². The summed E-state index contributed by atoms with van der Waals surface area (Å²) in [6.07, 6.45) is 1.64. The molecule has 1 aliphatic heterocycles. The number of rotatable bonds is 3. The Morgan fingerprint density at radius 1 is 1.04 bits per heavy atom. The van der Waals surface area contributed by atoms with E-state index in [1.807, 2.05) is 38.1 Å². The lowest BCUT2D eigenvalue weighted by molar-refractivity contribution is -0.130. The molecule has 26 heavy (non-hydrogen) atoms. The Morgan fingerprint density at radius 2 is 1.62 bits per heavy atom. The summed E-state index contributed by atoms with van der Waals surface area (Å²) < 4.78 is 1.81. The molecule has 0 bridgehead atoms. The van der Waals surface area contributed by atoms with Crippen molar-refractivity contribution in [2.75, 3.05) is 26.2 Å². The van der Waals surface area contributed by atoms with E-state index in [0.717, 1.165) is 11.4 Å². The van der Waals surface area contributed by atoms with Crippen LogP contribution in [0.25, 0.3) is 5.69 Å². The number of hydrogen-bond donors (Lipinski definition) is 0. The maximum atomic E-state index is 13.0. The highest BCUT2D eigenvalue weighted by Gasteiger charge is 2.28. The summed E-state index contributed by atoms with van der Waals surface area (Å²) in [5.41, 5.74) is 2.37. The van der Waals surface area contributed by atoms with Gasteiger partial charge in [0.1, 0.15) is 0 Å². The molecule has 2 heterocycles. The van der Waals surface area contributed by atoms with Crippen molar-refractivity contribution in [2.24, 2.45) is 0 Å². The van der Waals surface area contributed by atoms with E-state index in [9.17, 15) is 9.59 Å². The maximum absolute atomic E-state index is 13.0. The molecular formula is C19H23ClN4O2. The van der Waals surface area contributed by atoms with Gasteiger partial charge in [0, 0.05) is 38.1 Å². The van der Waals surface area contributed by atoms with Crippen LogP contribution in [0.4, 0.5) is 0 Å². The normalized spacial score (nSPS) is 14.8. The molecule has 0 saturated carbocycles. The van der Waals surface area contributed by atoms with Gasteiger partial charge in [-0.3, -0.25) is 9.59 Å². The Bertz CT molecular complexity index is 805. The summed E-state index contributed by atoms with van der Waals surface area (Å²) in [4.78, 5) is 28.1. The number of aromatic nitrogens is 2. The SMILES string of the molecule is CC(=O)N1CCN(C(=O)c2cnn(-c3ccc(Cl)cc3)c2C(C)C)CC1. The third-order valence-electron chi connectivity index (χ3n) is 4.67. The van der Waals surface area contributed by atoms with Gasteiger partial charge in [-0.25, -0.2) is 4.68 Å². The monoisotopic (exact) mass is 374 g/mol. The van der Waals surface area contributed by atoms with Gasteiger partial charge in [0.05, 0.1) is 23.1 Å². The average molecular weight is 375 g/mol. The first kappa shape index (κ1) is 18.5. The molecule has 2 amide bonds. The van der Waals surface area contributed by atoms with Gasteiger partial charge in [0.15, 0.2) is 0 Å². The fraction of sp³-hybridized carbons (Fsp3) is 0.421. The summed E-state index contributed by atoms with van der Waals surface area (Å²) in [5.74, 6) is 0.151. The molecule has 0 spiro atoms. The van der Waals surface area contributed by atoms with E-state index in [-0.39, 0.29) is 17.7 Å². The Kier molecular flexibility index (Phi) is 5.32. The highest BCUT2D eigenvalue weighted by atomic mass is 35.5. The highest BCUT2D eigenvalue weighted by molar-refractivity contribution is 6.30. The van der Waals surface area contributed by atoms with Crippen LogP contribution in [0.1, 0.15) is 42.7 Å². The standard InChI is InChI=1S/C19H23ClN4O2/c1-13(2)18-17(12-21-24(18)16-6-4-15(20)5-7-16)19(26)23-10-8-22(9-11-23)14(3)25/h4-7,12-13H,8-11H2,1-3H3. The van der Waals surface area contributed by atoms with Gasteiger partial charge >= 0.3 is 0 Å². The second kappa shape index (κ2) is 7.50. The van der Waals surface area contributed by atoms with E-state index >= 15 is 0 Å². The lowest BCUT2D eigenvalue weighted by atomic mass is 10.0. The van der Waals surface area contributed by atoms with Crippen molar-refractivity contribution in [2.45, 2.75) is 26.7 Å². The summed E-state index contributed by atoms with van der Waals surface area (Å²) >= 11 is 5.97. The molecule has 1 aliphatic rings. The van der Waals surface area contributed by atoms with Gasteiger partial charge in [-0.1, -0.05) is 25.4 Å². The van der Waals surface area contributed by atoms with Crippen molar-refractivity contribution in [3.05, 3.63) is 46.7 Å². The van der Waals surface area contributed by atoms with Gasteiger partial charge in [-0.05, 0) is 30.2 Å². The summed E-state index contributed by atoms with van der Waals surface area (Å²) in [5, 5.41) is 5.12. The Morgan fingerprint density at radius 3 is 2.15 bits per heavy atom. The Balaban J connectivity index is 1.87. The van der Waals surface area contributed by atoms with E-state index in [1.165, 1.54) is 0 Å². The van der Waals surface area contributed by atoms with E-state index in [0.29, 0.717) is 36.8 Å². The van der Waals surface area contributed by atoms with Crippen LogP contribution in [-0.2, 0) is 4.79 Å². The number of amides is 2. The van der Waals surface area contributed by atoms with Gasteiger partial charge in [-0.15, -0.1) is 0 Å². The number of carbonyl (C=O) groups is 2. The largest absolute Gasteiger partial charge is 0.339 e. The van der Waals surface area contributed by atoms with Crippen LogP contribution in [0, 0.1) is 0 Å². The molecule has 1 fully saturated rings. The first-order valence-electron chi connectivity index (χ1n) is 8.77. The van der Waals surface area contributed by atoms with Crippen molar-refractivity contribution in [3.63, 3.8) is 0 Å². The van der Waals surface area contributed by atoms with Crippen LogP contribution in [0.5, 0.6) is 0 Å². The van der Waals surface area contributed by atoms with Gasteiger partial charge < -0.3 is 9.80 Å². The molecule has 1 saturated heterocycles. The van der Waals surface area contributed by atoms with Crippen molar-refractivity contribution >= 4 is 23.4 Å². The third-order valence-corrected chi connectivity index (χ3v) is 4.92. The minimum absolute atomic E-state index is 0.0304. The van der Waals surface area contributed by atoms with Crippen LogP contribution in [0.3, 0.4) is 0 Å². The van der Waals surface area contributed by atoms with E-state index in [2.05, 4.69) is 5.10 Å². The van der Waals surface area contributed by atoms with Crippen LogP contribution in [-0.4, -0.2) is 57.6 Å². The quantitative estimate of drug-likeness (QED) is 0.829. The molecule has 0 aliphatic carbocycles. The number of nitrogens with zero attached hydrogens (tertiary/aromatic N) is 4. The fourth-order valence-electron chi connectivity index (χ4n) is 3.26. The second-order valence-electron chi connectivity index (χ2n) is 6.78. The molecule has 0 unspecified atom stereocenters. The minimum atomic E-state index is -0.0304. The van der Waals surface area contributed by atoms with Crippen LogP contribution in [0.2, 0.25) is 5.02 Å². The predicted molar refractivity (Wildman–Crippen MR) is 101 cm³/mol. The van der Waals surface area contributed by atoms with E-state index in [4.69, 9.17) is 11.6 Å². The molecular weight excluding hydrogens is 352 g/mol. The topological polar surface area (TPSA) is 58.4 Å². The van der Waals surface area contributed by atoms with Crippen molar-refractivity contribution in [1.29, 1.82) is 0 Å². The lowest BCUT2D eigenvalue weighted by Crippen LogP contribution is -2.50. The molecule has 2 aromatic rings. The predicted octanol–water partition coefficient (Wildman–Crippen LogP) is 2.95. The molecule has 1 aromatic carbocycles. The first-order valence-corrected chi connectivity index (χ1v) is 9.15. The van der Waals surface area contributed by atoms with Gasteiger partial charge in [0.2, 0.25) is 5.91 Å². The van der Waals surface area contributed by atoms with E-state index in [1.54, 1.807) is 27.6 Å². The smallest absolute Gasteiger partial charge is 0.257 e. The molecule has 0 atom stereocenters. The lowest BCUT2D eigenvalue weighted by Gasteiger charge is -2.34. The molecule has 1 aromatic heterocycles.